The summed E-state index contributed by atoms with van der Waals surface area (Å²) in [4.78, 5) is 11.9. The van der Waals surface area contributed by atoms with Gasteiger partial charge in [-0.05, 0) is 26.3 Å². The Morgan fingerprint density at radius 3 is 2.37 bits per heavy atom. The van der Waals surface area contributed by atoms with E-state index < -0.39 is 0 Å². The molecule has 0 aliphatic heterocycles. The molecule has 4 nitrogen and oxygen atoms in total. The molecule has 0 fully saturated rings. The number of methoxy groups -OCH3 is 1. The van der Waals surface area contributed by atoms with E-state index in [1.807, 2.05) is 6.92 Å². The molecular formula is C15H24N2O2. The van der Waals surface area contributed by atoms with E-state index in [4.69, 9.17) is 10.5 Å². The number of aryl methyl sites for hydroxylation is 2. The first-order valence-corrected chi connectivity index (χ1v) is 6.56. The van der Waals surface area contributed by atoms with Gasteiger partial charge in [0.15, 0.2) is 0 Å². The highest BCUT2D eigenvalue weighted by Crippen LogP contribution is 2.16. The van der Waals surface area contributed by atoms with Gasteiger partial charge < -0.3 is 15.8 Å². The first kappa shape index (κ1) is 15.7. The lowest BCUT2D eigenvalue weighted by Crippen LogP contribution is -2.33. The Morgan fingerprint density at radius 1 is 1.32 bits per heavy atom. The van der Waals surface area contributed by atoms with E-state index in [2.05, 4.69) is 37.4 Å². The van der Waals surface area contributed by atoms with E-state index in [1.165, 1.54) is 11.1 Å². The Labute approximate surface area is 115 Å². The zero-order chi connectivity index (χ0) is 14.4. The van der Waals surface area contributed by atoms with Crippen LogP contribution in [0.15, 0.2) is 18.2 Å². The summed E-state index contributed by atoms with van der Waals surface area (Å²) in [7, 11) is 1.57. The van der Waals surface area contributed by atoms with Crippen LogP contribution in [0.4, 0.5) is 0 Å². The minimum Gasteiger partial charge on any atom is -0.380 e. The smallest absolute Gasteiger partial charge is 0.223 e. The molecule has 19 heavy (non-hydrogen) atoms. The summed E-state index contributed by atoms with van der Waals surface area (Å²) < 4.78 is 5.11. The average molecular weight is 264 g/mol. The van der Waals surface area contributed by atoms with Crippen LogP contribution in [0.5, 0.6) is 0 Å². The Hall–Kier alpha value is -1.39. The molecule has 4 heteroatoms. The van der Waals surface area contributed by atoms with Gasteiger partial charge in [0.05, 0.1) is 18.6 Å². The molecule has 106 valence electrons. The molecule has 1 rings (SSSR count). The van der Waals surface area contributed by atoms with E-state index >= 15 is 0 Å². The Morgan fingerprint density at radius 2 is 1.89 bits per heavy atom. The summed E-state index contributed by atoms with van der Waals surface area (Å²) in [5.41, 5.74) is 9.03. The lowest BCUT2D eigenvalue weighted by Gasteiger charge is -2.18. The quantitative estimate of drug-likeness (QED) is 0.824. The van der Waals surface area contributed by atoms with E-state index in [1.54, 1.807) is 7.11 Å². The number of hydrogen-bond acceptors (Lipinski definition) is 3. The van der Waals surface area contributed by atoms with Gasteiger partial charge in [-0.2, -0.15) is 0 Å². The normalized spacial score (nSPS) is 13.9. The summed E-state index contributed by atoms with van der Waals surface area (Å²) in [6.07, 6.45) is 0.0775. The van der Waals surface area contributed by atoms with Crippen molar-refractivity contribution < 1.29 is 9.53 Å². The number of benzene rings is 1. The van der Waals surface area contributed by atoms with Crippen molar-refractivity contribution in [2.75, 3.05) is 13.7 Å². The Balaban J connectivity index is 2.63. The maximum Gasteiger partial charge on any atom is 0.223 e. The molecular weight excluding hydrogens is 240 g/mol. The van der Waals surface area contributed by atoms with Gasteiger partial charge in [0, 0.05) is 13.7 Å². The molecule has 0 bridgehead atoms. The number of amides is 1. The minimum absolute atomic E-state index is 0.0126. The van der Waals surface area contributed by atoms with E-state index in [0.717, 1.165) is 5.56 Å². The van der Waals surface area contributed by atoms with Gasteiger partial charge in [-0.25, -0.2) is 0 Å². The molecule has 1 aromatic carbocycles. The van der Waals surface area contributed by atoms with Gasteiger partial charge in [-0.3, -0.25) is 4.79 Å². The van der Waals surface area contributed by atoms with Crippen molar-refractivity contribution in [3.63, 3.8) is 0 Å². The third-order valence-electron chi connectivity index (χ3n) is 3.13. The van der Waals surface area contributed by atoms with Crippen molar-refractivity contribution in [2.24, 2.45) is 5.73 Å². The summed E-state index contributed by atoms with van der Waals surface area (Å²) in [5.74, 6) is -0.0380. The van der Waals surface area contributed by atoms with Gasteiger partial charge in [0.25, 0.3) is 0 Å². The molecule has 0 heterocycles. The number of hydrogen-bond donors (Lipinski definition) is 2. The lowest BCUT2D eigenvalue weighted by atomic mass is 10.0. The van der Waals surface area contributed by atoms with Crippen molar-refractivity contribution in [1.29, 1.82) is 0 Å². The summed E-state index contributed by atoms with van der Waals surface area (Å²) in [6.45, 7) is 6.44. The molecule has 1 aromatic rings. The highest BCUT2D eigenvalue weighted by Gasteiger charge is 2.14. The SMILES string of the molecule is COC(CN)CC(=O)NC(C)c1cc(C)cc(C)c1. The molecule has 0 saturated carbocycles. The predicted molar refractivity (Wildman–Crippen MR) is 76.9 cm³/mol. The second-order valence-electron chi connectivity index (χ2n) is 5.01. The fourth-order valence-electron chi connectivity index (χ4n) is 2.11. The van der Waals surface area contributed by atoms with Crippen LogP contribution in [0, 0.1) is 13.8 Å². The van der Waals surface area contributed by atoms with Crippen LogP contribution >= 0.6 is 0 Å². The third kappa shape index (κ3) is 5.01. The van der Waals surface area contributed by atoms with Gasteiger partial charge in [0.1, 0.15) is 0 Å². The average Bonchev–Trinajstić information content (AvgIpc) is 2.34. The summed E-state index contributed by atoms with van der Waals surface area (Å²) in [5, 5.41) is 2.98. The highest BCUT2D eigenvalue weighted by molar-refractivity contribution is 5.77. The number of ether oxygens (including phenoxy) is 1. The van der Waals surface area contributed by atoms with Crippen LogP contribution in [0.3, 0.4) is 0 Å². The van der Waals surface area contributed by atoms with Crippen molar-refractivity contribution in [1.82, 2.24) is 5.32 Å². The second-order valence-corrected chi connectivity index (χ2v) is 5.01. The molecule has 0 aliphatic rings. The third-order valence-corrected chi connectivity index (χ3v) is 3.13. The maximum atomic E-state index is 11.9. The molecule has 0 radical (unpaired) electrons. The number of nitrogens with one attached hydrogen (secondary N) is 1. The van der Waals surface area contributed by atoms with Crippen molar-refractivity contribution >= 4 is 5.91 Å². The number of rotatable bonds is 6. The van der Waals surface area contributed by atoms with Crippen LogP contribution in [0.2, 0.25) is 0 Å². The molecule has 3 N–H and O–H groups in total. The van der Waals surface area contributed by atoms with E-state index in [-0.39, 0.29) is 18.1 Å². The summed E-state index contributed by atoms with van der Waals surface area (Å²) in [6, 6.07) is 6.29. The van der Waals surface area contributed by atoms with Crippen molar-refractivity contribution in [3.8, 4) is 0 Å². The Kier molecular flexibility index (Phi) is 5.99. The molecule has 0 saturated heterocycles. The summed E-state index contributed by atoms with van der Waals surface area (Å²) >= 11 is 0. The highest BCUT2D eigenvalue weighted by atomic mass is 16.5. The zero-order valence-electron chi connectivity index (χ0n) is 12.2. The number of nitrogens with two attached hydrogens (primary N) is 1. The standard InChI is InChI=1S/C15H24N2O2/c1-10-5-11(2)7-13(6-10)12(3)17-15(18)8-14(9-16)19-4/h5-7,12,14H,8-9,16H2,1-4H3,(H,17,18). The van der Waals surface area contributed by atoms with E-state index in [9.17, 15) is 4.79 Å². The fraction of sp³-hybridized carbons (Fsp3) is 0.533. The monoisotopic (exact) mass is 264 g/mol. The molecule has 0 aromatic heterocycles. The zero-order valence-corrected chi connectivity index (χ0v) is 12.2. The lowest BCUT2D eigenvalue weighted by molar-refractivity contribution is -0.124. The number of carbonyl (C=O) groups excluding carboxylic acids is 1. The molecule has 0 aliphatic carbocycles. The van der Waals surface area contributed by atoms with Crippen LogP contribution in [0.1, 0.15) is 36.1 Å². The van der Waals surface area contributed by atoms with Crippen LogP contribution in [-0.2, 0) is 9.53 Å². The number of carbonyl (C=O) groups is 1. The van der Waals surface area contributed by atoms with Crippen molar-refractivity contribution in [3.05, 3.63) is 34.9 Å². The topological polar surface area (TPSA) is 64.3 Å². The van der Waals surface area contributed by atoms with Gasteiger partial charge in [-0.15, -0.1) is 0 Å². The first-order chi connectivity index (χ1) is 8.96. The molecule has 2 atom stereocenters. The minimum atomic E-state index is -0.216. The van der Waals surface area contributed by atoms with Crippen LogP contribution in [0.25, 0.3) is 0 Å². The fourth-order valence-corrected chi connectivity index (χ4v) is 2.11. The molecule has 1 amide bonds. The van der Waals surface area contributed by atoms with Gasteiger partial charge in [0.2, 0.25) is 5.91 Å². The van der Waals surface area contributed by atoms with E-state index in [0.29, 0.717) is 13.0 Å². The maximum absolute atomic E-state index is 11.9. The largest absolute Gasteiger partial charge is 0.380 e. The molecule has 2 unspecified atom stereocenters. The van der Waals surface area contributed by atoms with Crippen LogP contribution in [-0.4, -0.2) is 25.7 Å². The molecule has 0 spiro atoms. The first-order valence-electron chi connectivity index (χ1n) is 6.56. The predicted octanol–water partition coefficient (Wildman–Crippen LogP) is 1.84. The van der Waals surface area contributed by atoms with Gasteiger partial charge in [-0.1, -0.05) is 29.3 Å². The Bertz CT molecular complexity index is 408. The van der Waals surface area contributed by atoms with Crippen LogP contribution < -0.4 is 11.1 Å². The second kappa shape index (κ2) is 7.26. The van der Waals surface area contributed by atoms with Gasteiger partial charge >= 0.3 is 0 Å². The van der Waals surface area contributed by atoms with Crippen molar-refractivity contribution in [2.45, 2.75) is 39.3 Å².